The van der Waals surface area contributed by atoms with Crippen LogP contribution >= 0.6 is 0 Å². The van der Waals surface area contributed by atoms with E-state index in [0.717, 1.165) is 42.2 Å². The van der Waals surface area contributed by atoms with Gasteiger partial charge in [-0.05, 0) is 32.7 Å². The van der Waals surface area contributed by atoms with Crippen LogP contribution in [0, 0.1) is 19.8 Å². The second-order valence-electron chi connectivity index (χ2n) is 5.59. The van der Waals surface area contributed by atoms with Crippen molar-refractivity contribution >= 4 is 0 Å². The summed E-state index contributed by atoms with van der Waals surface area (Å²) in [6, 6.07) is 0.480. The Morgan fingerprint density at radius 3 is 2.84 bits per heavy atom. The minimum atomic E-state index is 0.480. The van der Waals surface area contributed by atoms with Gasteiger partial charge in [0.1, 0.15) is 5.75 Å². The van der Waals surface area contributed by atoms with E-state index in [9.17, 15) is 0 Å². The van der Waals surface area contributed by atoms with Gasteiger partial charge in [-0.1, -0.05) is 6.92 Å². The van der Waals surface area contributed by atoms with Gasteiger partial charge in [0.25, 0.3) is 0 Å². The third-order valence-corrected chi connectivity index (χ3v) is 4.34. The molecule has 0 aliphatic carbocycles. The van der Waals surface area contributed by atoms with Gasteiger partial charge >= 0.3 is 0 Å². The maximum absolute atomic E-state index is 5.90. The monoisotopic (exact) mass is 263 g/mol. The Hall–Kier alpha value is -1.13. The standard InChI is InChI=1S/C15H25N3O/c1-10-5-6-18(14(10)7-16)9-13-12(3)15(19-4)11(2)8-17-13/h8,10,14H,5-7,9,16H2,1-4H3. The molecule has 2 rings (SSSR count). The second-order valence-corrected chi connectivity index (χ2v) is 5.59. The van der Waals surface area contributed by atoms with Crippen LogP contribution in [0.25, 0.3) is 0 Å². The van der Waals surface area contributed by atoms with Gasteiger partial charge in [-0.2, -0.15) is 0 Å². The second kappa shape index (κ2) is 5.88. The van der Waals surface area contributed by atoms with Gasteiger partial charge in [-0.25, -0.2) is 0 Å². The summed E-state index contributed by atoms with van der Waals surface area (Å²) in [7, 11) is 1.72. The first-order valence-electron chi connectivity index (χ1n) is 7.01. The van der Waals surface area contributed by atoms with Gasteiger partial charge in [-0.3, -0.25) is 9.88 Å². The number of rotatable bonds is 4. The molecular weight excluding hydrogens is 238 g/mol. The summed E-state index contributed by atoms with van der Waals surface area (Å²) >= 11 is 0. The normalized spacial score (nSPS) is 23.8. The Morgan fingerprint density at radius 1 is 1.47 bits per heavy atom. The molecule has 1 aliphatic rings. The highest BCUT2D eigenvalue weighted by Gasteiger charge is 2.30. The van der Waals surface area contributed by atoms with E-state index in [2.05, 4.69) is 23.7 Å². The minimum Gasteiger partial charge on any atom is -0.496 e. The van der Waals surface area contributed by atoms with E-state index in [1.165, 1.54) is 6.42 Å². The fourth-order valence-corrected chi connectivity index (χ4v) is 3.09. The Kier molecular flexibility index (Phi) is 4.42. The molecule has 2 unspecified atom stereocenters. The van der Waals surface area contributed by atoms with Crippen molar-refractivity contribution in [1.29, 1.82) is 0 Å². The molecule has 4 heteroatoms. The van der Waals surface area contributed by atoms with Crippen LogP contribution in [0.2, 0.25) is 0 Å². The molecule has 2 heterocycles. The molecule has 1 fully saturated rings. The maximum atomic E-state index is 5.90. The summed E-state index contributed by atoms with van der Waals surface area (Å²) < 4.78 is 5.47. The van der Waals surface area contributed by atoms with Gasteiger partial charge < -0.3 is 10.5 Å². The molecule has 2 atom stereocenters. The summed E-state index contributed by atoms with van der Waals surface area (Å²) in [5.41, 5.74) is 9.25. The van der Waals surface area contributed by atoms with Gasteiger partial charge in [0.15, 0.2) is 0 Å². The molecule has 0 saturated carbocycles. The van der Waals surface area contributed by atoms with Crippen molar-refractivity contribution in [3.63, 3.8) is 0 Å². The summed E-state index contributed by atoms with van der Waals surface area (Å²) in [5, 5.41) is 0. The summed E-state index contributed by atoms with van der Waals surface area (Å²) in [6.45, 7) is 9.11. The van der Waals surface area contributed by atoms with E-state index >= 15 is 0 Å². The summed E-state index contributed by atoms with van der Waals surface area (Å²) in [4.78, 5) is 7.03. The fraction of sp³-hybridized carbons (Fsp3) is 0.667. The molecule has 0 bridgehead atoms. The zero-order valence-electron chi connectivity index (χ0n) is 12.4. The van der Waals surface area contributed by atoms with Crippen LogP contribution in [-0.4, -0.2) is 36.1 Å². The molecule has 2 N–H and O–H groups in total. The predicted octanol–water partition coefficient (Wildman–Crippen LogP) is 1.88. The molecule has 4 nitrogen and oxygen atoms in total. The molecule has 0 spiro atoms. The summed E-state index contributed by atoms with van der Waals surface area (Å²) in [5.74, 6) is 1.64. The Labute approximate surface area is 116 Å². The predicted molar refractivity (Wildman–Crippen MR) is 77.3 cm³/mol. The SMILES string of the molecule is COc1c(C)cnc(CN2CCC(C)C2CN)c1C. The molecule has 1 aliphatic heterocycles. The number of aromatic nitrogens is 1. The zero-order valence-corrected chi connectivity index (χ0v) is 12.4. The van der Waals surface area contributed by atoms with E-state index in [-0.39, 0.29) is 0 Å². The number of hydrogen-bond donors (Lipinski definition) is 1. The number of nitrogens with two attached hydrogens (primary N) is 1. The van der Waals surface area contributed by atoms with Crippen LogP contribution in [0.3, 0.4) is 0 Å². The number of methoxy groups -OCH3 is 1. The highest BCUT2D eigenvalue weighted by molar-refractivity contribution is 5.41. The van der Waals surface area contributed by atoms with Crippen molar-refractivity contribution in [1.82, 2.24) is 9.88 Å². The smallest absolute Gasteiger partial charge is 0.128 e. The largest absolute Gasteiger partial charge is 0.496 e. The van der Waals surface area contributed by atoms with E-state index < -0.39 is 0 Å². The van der Waals surface area contributed by atoms with Gasteiger partial charge in [0.2, 0.25) is 0 Å². The Bertz CT molecular complexity index is 447. The molecule has 0 amide bonds. The zero-order chi connectivity index (χ0) is 14.0. The van der Waals surface area contributed by atoms with Crippen molar-refractivity contribution in [2.75, 3.05) is 20.2 Å². The van der Waals surface area contributed by atoms with Gasteiger partial charge in [-0.15, -0.1) is 0 Å². The van der Waals surface area contributed by atoms with E-state index in [4.69, 9.17) is 10.5 Å². The molecule has 106 valence electrons. The average molecular weight is 263 g/mol. The average Bonchev–Trinajstić information content (AvgIpc) is 2.74. The van der Waals surface area contributed by atoms with E-state index in [1.54, 1.807) is 7.11 Å². The lowest BCUT2D eigenvalue weighted by Crippen LogP contribution is -2.38. The molecule has 1 aromatic rings. The first kappa shape index (κ1) is 14.3. The lowest BCUT2D eigenvalue weighted by molar-refractivity contribution is 0.225. The molecule has 19 heavy (non-hydrogen) atoms. The first-order valence-corrected chi connectivity index (χ1v) is 7.01. The number of pyridine rings is 1. The van der Waals surface area contributed by atoms with Gasteiger partial charge in [0.05, 0.1) is 12.8 Å². The number of hydrogen-bond acceptors (Lipinski definition) is 4. The Balaban J connectivity index is 2.20. The van der Waals surface area contributed by atoms with Crippen LogP contribution < -0.4 is 10.5 Å². The number of ether oxygens (including phenoxy) is 1. The van der Waals surface area contributed by atoms with Crippen LogP contribution in [0.4, 0.5) is 0 Å². The van der Waals surface area contributed by atoms with Crippen molar-refractivity contribution in [3.05, 3.63) is 23.0 Å². The number of likely N-dealkylation sites (tertiary alicyclic amines) is 1. The van der Waals surface area contributed by atoms with Crippen molar-refractivity contribution < 1.29 is 4.74 Å². The van der Waals surface area contributed by atoms with E-state index in [0.29, 0.717) is 12.0 Å². The molecule has 0 aromatic carbocycles. The first-order chi connectivity index (χ1) is 9.08. The third kappa shape index (κ3) is 2.74. The summed E-state index contributed by atoms with van der Waals surface area (Å²) in [6.07, 6.45) is 3.13. The third-order valence-electron chi connectivity index (χ3n) is 4.34. The van der Waals surface area contributed by atoms with Crippen LogP contribution in [0.1, 0.15) is 30.2 Å². The lowest BCUT2D eigenvalue weighted by atomic mass is 10.0. The van der Waals surface area contributed by atoms with Crippen molar-refractivity contribution in [2.45, 2.75) is 39.8 Å². The lowest BCUT2D eigenvalue weighted by Gasteiger charge is -2.26. The highest BCUT2D eigenvalue weighted by Crippen LogP contribution is 2.28. The number of aryl methyl sites for hydroxylation is 1. The molecule has 1 aromatic heterocycles. The van der Waals surface area contributed by atoms with Crippen LogP contribution in [0.5, 0.6) is 5.75 Å². The Morgan fingerprint density at radius 2 is 2.21 bits per heavy atom. The quantitative estimate of drug-likeness (QED) is 0.901. The fourth-order valence-electron chi connectivity index (χ4n) is 3.09. The van der Waals surface area contributed by atoms with Crippen molar-refractivity contribution in [3.8, 4) is 5.75 Å². The molecular formula is C15H25N3O. The van der Waals surface area contributed by atoms with Crippen LogP contribution in [-0.2, 0) is 6.54 Å². The van der Waals surface area contributed by atoms with Crippen molar-refractivity contribution in [2.24, 2.45) is 11.7 Å². The topological polar surface area (TPSA) is 51.4 Å². The number of nitrogens with zero attached hydrogens (tertiary/aromatic N) is 2. The van der Waals surface area contributed by atoms with Gasteiger partial charge in [0, 0.05) is 36.5 Å². The highest BCUT2D eigenvalue weighted by atomic mass is 16.5. The van der Waals surface area contributed by atoms with Crippen LogP contribution in [0.15, 0.2) is 6.20 Å². The molecule has 1 saturated heterocycles. The molecule has 0 radical (unpaired) electrons. The maximum Gasteiger partial charge on any atom is 0.128 e. The van der Waals surface area contributed by atoms with E-state index in [1.807, 2.05) is 13.1 Å². The minimum absolute atomic E-state index is 0.480.